The van der Waals surface area contributed by atoms with E-state index in [4.69, 9.17) is 4.42 Å². The summed E-state index contributed by atoms with van der Waals surface area (Å²) in [6.45, 7) is 0. The van der Waals surface area contributed by atoms with E-state index in [0.29, 0.717) is 0 Å². The molecule has 1 unspecified atom stereocenters. The Morgan fingerprint density at radius 1 is 0.466 bits per heavy atom. The zero-order valence-electron chi connectivity index (χ0n) is 31.9. The van der Waals surface area contributed by atoms with Crippen LogP contribution in [0.1, 0.15) is 12.0 Å². The van der Waals surface area contributed by atoms with Crippen LogP contribution in [0.3, 0.4) is 0 Å². The lowest BCUT2D eigenvalue weighted by Gasteiger charge is -2.33. The average molecular weight is 742 g/mol. The molecule has 58 heavy (non-hydrogen) atoms. The Balaban J connectivity index is 0.989. The van der Waals surface area contributed by atoms with Gasteiger partial charge in [0.25, 0.3) is 0 Å². The highest BCUT2D eigenvalue weighted by Gasteiger charge is 2.26. The molecule has 9 aromatic rings. The number of fused-ring (bicyclic) bond motifs is 6. The van der Waals surface area contributed by atoms with Crippen molar-refractivity contribution in [3.8, 4) is 33.4 Å². The van der Waals surface area contributed by atoms with E-state index in [0.717, 1.165) is 45.5 Å². The van der Waals surface area contributed by atoms with Crippen LogP contribution in [0.25, 0.3) is 71.7 Å². The van der Waals surface area contributed by atoms with Gasteiger partial charge in [-0.2, -0.15) is 0 Å². The first kappa shape index (κ1) is 33.9. The summed E-state index contributed by atoms with van der Waals surface area (Å²) in [4.78, 5) is 2.43. The Morgan fingerprint density at radius 3 is 1.71 bits per heavy atom. The van der Waals surface area contributed by atoms with Gasteiger partial charge in [0.05, 0.1) is 0 Å². The summed E-state index contributed by atoms with van der Waals surface area (Å²) in [7, 11) is 0. The number of rotatable bonds is 7. The van der Waals surface area contributed by atoms with E-state index >= 15 is 0 Å². The van der Waals surface area contributed by atoms with Crippen LogP contribution in [-0.4, -0.2) is 0 Å². The minimum absolute atomic E-state index is 0.261. The molecule has 8 aromatic carbocycles. The number of allylic oxidation sites excluding steroid dienone is 8. The summed E-state index contributed by atoms with van der Waals surface area (Å²) in [5, 5.41) is 4.76. The zero-order valence-corrected chi connectivity index (χ0v) is 31.9. The van der Waals surface area contributed by atoms with Crippen LogP contribution in [0.2, 0.25) is 0 Å². The average Bonchev–Trinajstić information content (AvgIpc) is 3.70. The monoisotopic (exact) mass is 741 g/mol. The predicted octanol–water partition coefficient (Wildman–Crippen LogP) is 15.4. The van der Waals surface area contributed by atoms with Crippen LogP contribution in [0.15, 0.2) is 234 Å². The topological polar surface area (TPSA) is 16.4 Å². The largest absolute Gasteiger partial charge is 0.455 e. The van der Waals surface area contributed by atoms with Gasteiger partial charge in [-0.05, 0) is 92.7 Å². The molecule has 2 aliphatic rings. The number of furan rings is 1. The predicted molar refractivity (Wildman–Crippen MR) is 244 cm³/mol. The van der Waals surface area contributed by atoms with E-state index in [2.05, 4.69) is 223 Å². The first-order valence-electron chi connectivity index (χ1n) is 20.1. The lowest BCUT2D eigenvalue weighted by molar-refractivity contribution is 0.670. The minimum Gasteiger partial charge on any atom is -0.455 e. The van der Waals surface area contributed by atoms with E-state index in [9.17, 15) is 0 Å². The molecule has 2 heteroatoms. The van der Waals surface area contributed by atoms with Crippen LogP contribution >= 0.6 is 0 Å². The van der Waals surface area contributed by atoms with Crippen LogP contribution in [0, 0.1) is 5.92 Å². The van der Waals surface area contributed by atoms with E-state index in [-0.39, 0.29) is 5.92 Å². The second-order valence-electron chi connectivity index (χ2n) is 15.2. The fraction of sp³-hybridized carbons (Fsp3) is 0.0357. The molecule has 2 nitrogen and oxygen atoms in total. The van der Waals surface area contributed by atoms with Gasteiger partial charge in [0.1, 0.15) is 11.2 Å². The van der Waals surface area contributed by atoms with Gasteiger partial charge in [0.2, 0.25) is 0 Å². The molecule has 0 saturated carbocycles. The maximum atomic E-state index is 6.68. The van der Waals surface area contributed by atoms with Gasteiger partial charge in [0, 0.05) is 44.7 Å². The highest BCUT2D eigenvalue weighted by molar-refractivity contribution is 6.23. The molecule has 0 N–H and O–H groups in total. The molecule has 274 valence electrons. The van der Waals surface area contributed by atoms with Crippen LogP contribution in [0.5, 0.6) is 0 Å². The molecular formula is C56H39NO. The third kappa shape index (κ3) is 5.98. The Hall–Kier alpha value is -7.42. The van der Waals surface area contributed by atoms with Gasteiger partial charge in [-0.25, -0.2) is 0 Å². The standard InChI is InChI=1S/C56H39NO/c1-4-12-38(13-5-1)40-24-30-47(31-25-40)57(48-32-26-41(27-33-48)39-14-6-2-7-15-39)49-34-28-44-36-46(23-22-45(44)37-49)50-19-10-18-43-29-35-53-55(54(43)50)52-21-11-20-51(56(52)58-53)42-16-8-3-9-17-42/h1-36,45H,37H2. The van der Waals surface area contributed by atoms with Gasteiger partial charge < -0.3 is 9.32 Å². The van der Waals surface area contributed by atoms with Gasteiger partial charge in [-0.3, -0.25) is 0 Å². The van der Waals surface area contributed by atoms with Gasteiger partial charge >= 0.3 is 0 Å². The molecular weight excluding hydrogens is 703 g/mol. The number of hydrogen-bond donors (Lipinski definition) is 0. The van der Waals surface area contributed by atoms with Crippen LogP contribution in [0.4, 0.5) is 11.4 Å². The fourth-order valence-electron chi connectivity index (χ4n) is 8.94. The number of para-hydroxylation sites is 1. The third-order valence-corrected chi connectivity index (χ3v) is 11.8. The maximum absolute atomic E-state index is 6.68. The number of hydrogen-bond acceptors (Lipinski definition) is 2. The molecule has 0 amide bonds. The quantitative estimate of drug-likeness (QED) is 0.162. The normalized spacial score (nSPS) is 14.9. The van der Waals surface area contributed by atoms with Crippen molar-refractivity contribution in [2.45, 2.75) is 6.42 Å². The third-order valence-electron chi connectivity index (χ3n) is 11.8. The molecule has 0 aliphatic heterocycles. The minimum atomic E-state index is 0.261. The van der Waals surface area contributed by atoms with Crippen LogP contribution < -0.4 is 4.90 Å². The van der Waals surface area contributed by atoms with Crippen molar-refractivity contribution in [1.82, 2.24) is 0 Å². The van der Waals surface area contributed by atoms with E-state index in [1.807, 2.05) is 0 Å². The van der Waals surface area contributed by atoms with Crippen molar-refractivity contribution in [1.29, 1.82) is 0 Å². The zero-order chi connectivity index (χ0) is 38.4. The SMILES string of the molecule is C1=CC2CC(N(c3ccc(-c4ccccc4)cc3)c3ccc(-c4ccccc4)cc3)=CC=C2C=C1c1cccc2ccc3oc4c(-c5ccccc5)cccc4c3c12. The van der Waals surface area contributed by atoms with E-state index < -0.39 is 0 Å². The lowest BCUT2D eigenvalue weighted by atomic mass is 9.81. The molecule has 1 atom stereocenters. The van der Waals surface area contributed by atoms with Crippen molar-refractivity contribution >= 4 is 49.7 Å². The molecule has 11 rings (SSSR count). The van der Waals surface area contributed by atoms with Crippen LogP contribution in [-0.2, 0) is 0 Å². The Bertz CT molecular complexity index is 3010. The Morgan fingerprint density at radius 2 is 1.05 bits per heavy atom. The van der Waals surface area contributed by atoms with Crippen molar-refractivity contribution in [3.63, 3.8) is 0 Å². The molecule has 0 fully saturated rings. The Kier molecular flexibility index (Phi) is 8.33. The molecule has 1 aromatic heterocycles. The number of nitrogens with zero attached hydrogens (tertiary/aromatic N) is 1. The summed E-state index contributed by atoms with van der Waals surface area (Å²) in [6.07, 6.45) is 12.7. The van der Waals surface area contributed by atoms with E-state index in [1.54, 1.807) is 0 Å². The first-order chi connectivity index (χ1) is 28.7. The van der Waals surface area contributed by atoms with Crippen molar-refractivity contribution in [2.24, 2.45) is 5.92 Å². The highest BCUT2D eigenvalue weighted by Crippen LogP contribution is 2.45. The smallest absolute Gasteiger partial charge is 0.143 e. The molecule has 2 aliphatic carbocycles. The van der Waals surface area contributed by atoms with Crippen molar-refractivity contribution < 1.29 is 4.42 Å². The molecule has 1 heterocycles. The molecule has 0 spiro atoms. The number of anilines is 2. The summed E-state index contributed by atoms with van der Waals surface area (Å²) in [5.41, 5.74) is 16.3. The second kappa shape index (κ2) is 14.3. The molecule has 0 radical (unpaired) electrons. The lowest BCUT2D eigenvalue weighted by Crippen LogP contribution is -2.21. The molecule has 0 saturated heterocycles. The van der Waals surface area contributed by atoms with E-state index in [1.165, 1.54) is 60.8 Å². The summed E-state index contributed by atoms with van der Waals surface area (Å²) in [6, 6.07) is 67.2. The van der Waals surface area contributed by atoms with Crippen molar-refractivity contribution in [3.05, 3.63) is 235 Å². The van der Waals surface area contributed by atoms with Gasteiger partial charge in [-0.15, -0.1) is 0 Å². The second-order valence-corrected chi connectivity index (χ2v) is 15.2. The maximum Gasteiger partial charge on any atom is 0.143 e. The first-order valence-corrected chi connectivity index (χ1v) is 20.1. The van der Waals surface area contributed by atoms with Gasteiger partial charge in [0.15, 0.2) is 0 Å². The summed E-state index contributed by atoms with van der Waals surface area (Å²) in [5.74, 6) is 0.261. The fourth-order valence-corrected chi connectivity index (χ4v) is 8.94. The summed E-state index contributed by atoms with van der Waals surface area (Å²) < 4.78 is 6.68. The van der Waals surface area contributed by atoms with Crippen molar-refractivity contribution in [2.75, 3.05) is 4.90 Å². The summed E-state index contributed by atoms with van der Waals surface area (Å²) >= 11 is 0. The highest BCUT2D eigenvalue weighted by atomic mass is 16.3. The molecule has 0 bridgehead atoms. The Labute approximate surface area is 338 Å². The number of benzene rings is 8. The van der Waals surface area contributed by atoms with Gasteiger partial charge in [-0.1, -0.05) is 182 Å².